The van der Waals surface area contributed by atoms with Crippen LogP contribution in [0.15, 0.2) is 223 Å². The Kier molecular flexibility index (Phi) is 6.97. The van der Waals surface area contributed by atoms with Gasteiger partial charge in [0.1, 0.15) is 11.2 Å². The van der Waals surface area contributed by atoms with Gasteiger partial charge < -0.3 is 4.42 Å². The first-order valence-electron chi connectivity index (χ1n) is 21.7. The molecule has 0 aliphatic heterocycles. The molecule has 0 bridgehead atoms. The molecule has 3 aliphatic rings. The van der Waals surface area contributed by atoms with Gasteiger partial charge in [-0.05, 0) is 85.5 Å². The van der Waals surface area contributed by atoms with Crippen LogP contribution < -0.4 is 0 Å². The summed E-state index contributed by atoms with van der Waals surface area (Å²) in [5.41, 5.74) is 20.4. The van der Waals surface area contributed by atoms with Crippen LogP contribution in [0.1, 0.15) is 44.5 Å². The van der Waals surface area contributed by atoms with Gasteiger partial charge in [-0.15, -0.1) is 0 Å². The van der Waals surface area contributed by atoms with Crippen molar-refractivity contribution in [1.82, 2.24) is 9.97 Å². The van der Waals surface area contributed by atoms with Crippen molar-refractivity contribution in [2.24, 2.45) is 0 Å². The lowest BCUT2D eigenvalue weighted by Gasteiger charge is -2.48. The zero-order chi connectivity index (χ0) is 41.3. The van der Waals surface area contributed by atoms with E-state index in [9.17, 15) is 0 Å². The lowest BCUT2D eigenvalue weighted by Crippen LogP contribution is -2.43. The molecule has 3 heteroatoms. The molecule has 0 unspecified atom stereocenters. The molecule has 0 saturated carbocycles. The van der Waals surface area contributed by atoms with Gasteiger partial charge in [0, 0.05) is 33.0 Å². The minimum atomic E-state index is -0.766. The highest BCUT2D eigenvalue weighted by Crippen LogP contribution is 2.68. The fourth-order valence-electron chi connectivity index (χ4n) is 11.8. The molecule has 0 fully saturated rings. The van der Waals surface area contributed by atoms with E-state index in [0.29, 0.717) is 5.82 Å². The van der Waals surface area contributed by atoms with Crippen molar-refractivity contribution in [2.45, 2.75) is 10.8 Å². The molecule has 0 radical (unpaired) electrons. The third-order valence-corrected chi connectivity index (χ3v) is 14.2. The zero-order valence-corrected chi connectivity index (χ0v) is 34.1. The van der Waals surface area contributed by atoms with E-state index in [4.69, 9.17) is 14.4 Å². The molecule has 2 aromatic heterocycles. The Balaban J connectivity index is 1.12. The average Bonchev–Trinajstić information content (AvgIpc) is 3.99. The van der Waals surface area contributed by atoms with Crippen LogP contribution >= 0.6 is 0 Å². The van der Waals surface area contributed by atoms with Gasteiger partial charge in [0.05, 0.1) is 22.2 Å². The first-order valence-corrected chi connectivity index (χ1v) is 21.7. The van der Waals surface area contributed by atoms with Gasteiger partial charge in [-0.25, -0.2) is 9.97 Å². The van der Waals surface area contributed by atoms with E-state index in [2.05, 4.69) is 206 Å². The third kappa shape index (κ3) is 4.43. The standard InChI is InChI=1S/C60H36N2O/c1-3-17-37(18-4-1)53-36-54(38-19-5-2-6-20-38)62-58(61-53)39-31-32-42-44-33-34-45-43-23-9-16-30-55(43)63-57(45)56(44)60(52(42)35-39)50-28-14-12-26-48(50)59(49-27-13-15-29-51(49)60)46-24-10-7-21-40(46)41-22-8-11-25-47(41)59/h1-36H. The van der Waals surface area contributed by atoms with Crippen molar-refractivity contribution in [2.75, 3.05) is 0 Å². The number of nitrogens with zero attached hydrogens (tertiary/aromatic N) is 2. The van der Waals surface area contributed by atoms with E-state index < -0.39 is 10.8 Å². The van der Waals surface area contributed by atoms with Crippen LogP contribution in [0.2, 0.25) is 0 Å². The monoisotopic (exact) mass is 800 g/mol. The first kappa shape index (κ1) is 34.6. The Labute approximate surface area is 364 Å². The highest BCUT2D eigenvalue weighted by molar-refractivity contribution is 6.10. The van der Waals surface area contributed by atoms with Crippen LogP contribution in [0.5, 0.6) is 0 Å². The molecule has 9 aromatic carbocycles. The van der Waals surface area contributed by atoms with Gasteiger partial charge in [0.15, 0.2) is 5.82 Å². The minimum Gasteiger partial charge on any atom is -0.456 e. The van der Waals surface area contributed by atoms with E-state index in [0.717, 1.165) is 50.0 Å². The largest absolute Gasteiger partial charge is 0.456 e. The molecule has 2 spiro atoms. The number of benzene rings is 9. The van der Waals surface area contributed by atoms with Crippen molar-refractivity contribution in [3.8, 4) is 56.2 Å². The van der Waals surface area contributed by atoms with E-state index >= 15 is 0 Å². The van der Waals surface area contributed by atoms with Crippen molar-refractivity contribution < 1.29 is 4.42 Å². The fraction of sp³-hybridized carbons (Fsp3) is 0.0333. The van der Waals surface area contributed by atoms with Crippen LogP contribution in [-0.2, 0) is 10.8 Å². The highest BCUT2D eigenvalue weighted by atomic mass is 16.3. The van der Waals surface area contributed by atoms with Crippen molar-refractivity contribution >= 4 is 21.9 Å². The molecule has 3 aliphatic carbocycles. The Morgan fingerprint density at radius 2 is 0.794 bits per heavy atom. The van der Waals surface area contributed by atoms with Gasteiger partial charge in [-0.1, -0.05) is 194 Å². The number of fused-ring (bicyclic) bond motifs is 20. The number of furan rings is 1. The van der Waals surface area contributed by atoms with Crippen LogP contribution in [0.25, 0.3) is 78.1 Å². The summed E-state index contributed by atoms with van der Waals surface area (Å²) in [4.78, 5) is 10.7. The summed E-state index contributed by atoms with van der Waals surface area (Å²) in [6, 6.07) is 79.5. The number of para-hydroxylation sites is 1. The Hall–Kier alpha value is -8.14. The Bertz CT molecular complexity index is 3540. The lowest BCUT2D eigenvalue weighted by atomic mass is 9.52. The predicted octanol–water partition coefficient (Wildman–Crippen LogP) is 14.4. The van der Waals surface area contributed by atoms with Gasteiger partial charge >= 0.3 is 0 Å². The predicted molar refractivity (Wildman–Crippen MR) is 254 cm³/mol. The summed E-state index contributed by atoms with van der Waals surface area (Å²) in [5, 5.41) is 2.24. The zero-order valence-electron chi connectivity index (χ0n) is 34.1. The van der Waals surface area contributed by atoms with E-state index in [1.54, 1.807) is 0 Å². The lowest BCUT2D eigenvalue weighted by molar-refractivity contribution is 0.615. The fourth-order valence-corrected chi connectivity index (χ4v) is 11.8. The SMILES string of the molecule is c1ccc(-c2cc(-c3ccccc3)nc(-c3ccc4c(c3)C3(c5ccccc5C5(c6ccccc6-c6ccccc65)c5ccccc53)c3c-4ccc4c3oc3ccccc34)n2)cc1. The number of aromatic nitrogens is 2. The Morgan fingerprint density at radius 3 is 1.40 bits per heavy atom. The third-order valence-electron chi connectivity index (χ3n) is 14.2. The topological polar surface area (TPSA) is 38.9 Å². The summed E-state index contributed by atoms with van der Waals surface area (Å²) in [7, 11) is 0. The molecule has 0 atom stereocenters. The van der Waals surface area contributed by atoms with E-state index in [1.807, 2.05) is 12.1 Å². The van der Waals surface area contributed by atoms with Crippen molar-refractivity contribution in [3.05, 3.63) is 263 Å². The number of rotatable bonds is 3. The molecule has 63 heavy (non-hydrogen) atoms. The van der Waals surface area contributed by atoms with E-state index in [-0.39, 0.29) is 0 Å². The molecule has 0 N–H and O–H groups in total. The first-order chi connectivity index (χ1) is 31.2. The molecule has 0 saturated heterocycles. The summed E-state index contributed by atoms with van der Waals surface area (Å²) in [6.07, 6.45) is 0. The molecule has 14 rings (SSSR count). The van der Waals surface area contributed by atoms with Crippen molar-refractivity contribution in [3.63, 3.8) is 0 Å². The molecular weight excluding hydrogens is 765 g/mol. The molecule has 2 heterocycles. The van der Waals surface area contributed by atoms with E-state index in [1.165, 1.54) is 66.8 Å². The summed E-state index contributed by atoms with van der Waals surface area (Å²) < 4.78 is 7.13. The van der Waals surface area contributed by atoms with Crippen LogP contribution in [0, 0.1) is 0 Å². The summed E-state index contributed by atoms with van der Waals surface area (Å²) in [6.45, 7) is 0. The molecular formula is C60H36N2O. The average molecular weight is 801 g/mol. The smallest absolute Gasteiger partial charge is 0.160 e. The van der Waals surface area contributed by atoms with Gasteiger partial charge in [-0.2, -0.15) is 0 Å². The maximum atomic E-state index is 7.13. The van der Waals surface area contributed by atoms with Gasteiger partial charge in [-0.3, -0.25) is 0 Å². The number of hydrogen-bond donors (Lipinski definition) is 0. The maximum absolute atomic E-state index is 7.13. The quantitative estimate of drug-likeness (QED) is 0.179. The van der Waals surface area contributed by atoms with Crippen LogP contribution in [-0.4, -0.2) is 9.97 Å². The molecule has 0 amide bonds. The summed E-state index contributed by atoms with van der Waals surface area (Å²) >= 11 is 0. The molecule has 3 nitrogen and oxygen atoms in total. The normalized spacial score (nSPS) is 14.3. The molecule has 11 aromatic rings. The summed E-state index contributed by atoms with van der Waals surface area (Å²) in [5.74, 6) is 0.686. The maximum Gasteiger partial charge on any atom is 0.160 e. The van der Waals surface area contributed by atoms with Crippen molar-refractivity contribution in [1.29, 1.82) is 0 Å². The second-order valence-corrected chi connectivity index (χ2v) is 17.1. The van der Waals surface area contributed by atoms with Gasteiger partial charge in [0.2, 0.25) is 0 Å². The van der Waals surface area contributed by atoms with Crippen LogP contribution in [0.3, 0.4) is 0 Å². The molecule has 292 valence electrons. The van der Waals surface area contributed by atoms with Gasteiger partial charge in [0.25, 0.3) is 0 Å². The second-order valence-electron chi connectivity index (χ2n) is 17.1. The Morgan fingerprint density at radius 1 is 0.317 bits per heavy atom. The number of hydrogen-bond acceptors (Lipinski definition) is 3. The van der Waals surface area contributed by atoms with Crippen LogP contribution in [0.4, 0.5) is 0 Å². The second kappa shape index (κ2) is 12.7. The highest BCUT2D eigenvalue weighted by Gasteiger charge is 2.59. The minimum absolute atomic E-state index is 0.550.